The number of ether oxygens (including phenoxy) is 2. The third-order valence-electron chi connectivity index (χ3n) is 5.97. The van der Waals surface area contributed by atoms with E-state index in [0.29, 0.717) is 6.54 Å². The van der Waals surface area contributed by atoms with Crippen LogP contribution in [0.5, 0.6) is 5.75 Å². The van der Waals surface area contributed by atoms with Gasteiger partial charge in [-0.25, -0.2) is 9.67 Å². The summed E-state index contributed by atoms with van der Waals surface area (Å²) >= 11 is 0. The molecule has 1 saturated heterocycles. The van der Waals surface area contributed by atoms with Crippen molar-refractivity contribution in [2.75, 3.05) is 51.4 Å². The molecular weight excluding hydrogens is 462 g/mol. The molecule has 0 aliphatic carbocycles. The van der Waals surface area contributed by atoms with E-state index in [4.69, 9.17) is 24.0 Å². The van der Waals surface area contributed by atoms with Crippen LogP contribution < -0.4 is 15.0 Å². The lowest BCUT2D eigenvalue weighted by atomic mass is 9.99. The summed E-state index contributed by atoms with van der Waals surface area (Å²) in [5.74, 6) is 0.719. The zero-order valence-electron chi connectivity index (χ0n) is 21.4. The molecule has 0 saturated carbocycles. The number of aliphatic hydroxyl groups excluding tert-OH is 1. The van der Waals surface area contributed by atoms with E-state index in [1.165, 1.54) is 11.3 Å². The number of nitrogens with zero attached hydrogens (tertiary/aromatic N) is 4. The average molecular weight is 498 g/mol. The molecule has 1 unspecified atom stereocenters. The van der Waals surface area contributed by atoms with Crippen LogP contribution in [0.3, 0.4) is 0 Å². The molecule has 1 aliphatic rings. The maximum atomic E-state index is 10.0. The van der Waals surface area contributed by atoms with Gasteiger partial charge in [-0.15, -0.1) is 0 Å². The van der Waals surface area contributed by atoms with Crippen LogP contribution in [-0.2, 0) is 20.7 Å². The molecule has 10 heteroatoms. The summed E-state index contributed by atoms with van der Waals surface area (Å²) in [6, 6.07) is 8.19. The van der Waals surface area contributed by atoms with Gasteiger partial charge in [0.25, 0.3) is 0 Å². The van der Waals surface area contributed by atoms with Gasteiger partial charge in [0.15, 0.2) is 5.65 Å². The molecule has 3 heterocycles. The van der Waals surface area contributed by atoms with Crippen molar-refractivity contribution in [1.82, 2.24) is 20.1 Å². The van der Waals surface area contributed by atoms with Crippen molar-refractivity contribution in [3.05, 3.63) is 36.0 Å². The Morgan fingerprint density at radius 3 is 2.61 bits per heavy atom. The van der Waals surface area contributed by atoms with Gasteiger partial charge in [0, 0.05) is 36.8 Å². The molecule has 1 fully saturated rings. The Balaban J connectivity index is 0.00000115. The van der Waals surface area contributed by atoms with Crippen molar-refractivity contribution in [3.63, 3.8) is 0 Å². The Morgan fingerprint density at radius 1 is 1.25 bits per heavy atom. The van der Waals surface area contributed by atoms with Crippen LogP contribution in [0.4, 0.5) is 5.69 Å². The number of hydrogen-bond acceptors (Lipinski definition) is 9. The summed E-state index contributed by atoms with van der Waals surface area (Å²) in [7, 11) is 1.81. The molecule has 36 heavy (non-hydrogen) atoms. The van der Waals surface area contributed by atoms with Gasteiger partial charge in [0.05, 0.1) is 36.2 Å². The lowest BCUT2D eigenvalue weighted by Gasteiger charge is -2.32. The van der Waals surface area contributed by atoms with E-state index in [1.54, 1.807) is 0 Å². The van der Waals surface area contributed by atoms with Gasteiger partial charge in [-0.1, -0.05) is 19.1 Å². The van der Waals surface area contributed by atoms with Crippen molar-refractivity contribution in [2.45, 2.75) is 39.3 Å². The second kappa shape index (κ2) is 13.1. The van der Waals surface area contributed by atoms with Crippen molar-refractivity contribution in [3.8, 4) is 17.0 Å². The number of aromatic nitrogens is 3. The van der Waals surface area contributed by atoms with Gasteiger partial charge in [-0.2, -0.15) is 14.7 Å². The predicted molar refractivity (Wildman–Crippen MR) is 136 cm³/mol. The number of nitrogens with one attached hydrogen (secondary N) is 1. The van der Waals surface area contributed by atoms with Gasteiger partial charge >= 0.3 is 6.15 Å². The summed E-state index contributed by atoms with van der Waals surface area (Å²) in [4.78, 5) is 23.8. The second-order valence-electron chi connectivity index (χ2n) is 8.79. The molecule has 2 aromatic heterocycles. The number of anilines is 1. The number of morpholine rings is 1. The molecule has 0 amide bonds. The van der Waals surface area contributed by atoms with Crippen molar-refractivity contribution < 1.29 is 24.2 Å². The minimum absolute atomic E-state index is 0.205. The number of carbonyl (C=O) groups excluding carboxylic acids is 2. The van der Waals surface area contributed by atoms with Crippen LogP contribution in [0.25, 0.3) is 22.3 Å². The lowest BCUT2D eigenvalue weighted by molar-refractivity contribution is -0.191. The minimum atomic E-state index is -0.562. The highest BCUT2D eigenvalue weighted by atomic mass is 16.5. The molecule has 4 rings (SSSR count). The maximum absolute atomic E-state index is 10.0. The highest BCUT2D eigenvalue weighted by Crippen LogP contribution is 2.38. The molecule has 10 nitrogen and oxygen atoms in total. The van der Waals surface area contributed by atoms with E-state index in [-0.39, 0.29) is 18.8 Å². The summed E-state index contributed by atoms with van der Waals surface area (Å²) < 4.78 is 13.5. The zero-order valence-corrected chi connectivity index (χ0v) is 21.4. The third kappa shape index (κ3) is 6.27. The van der Waals surface area contributed by atoms with Crippen LogP contribution in [0.2, 0.25) is 0 Å². The summed E-state index contributed by atoms with van der Waals surface area (Å²) in [6.45, 7) is 10.3. The Hall–Kier alpha value is -3.30. The Kier molecular flexibility index (Phi) is 9.95. The molecule has 1 atom stereocenters. The van der Waals surface area contributed by atoms with E-state index in [0.717, 1.165) is 60.8 Å². The number of hydrogen-bond donors (Lipinski definition) is 2. The van der Waals surface area contributed by atoms with Gasteiger partial charge < -0.3 is 24.8 Å². The normalized spacial score (nSPS) is 14.3. The number of fused-ring (bicyclic) bond motifs is 1. The first-order valence-corrected chi connectivity index (χ1v) is 12.2. The number of aliphatic hydroxyl groups is 1. The van der Waals surface area contributed by atoms with E-state index < -0.39 is 6.10 Å². The lowest BCUT2D eigenvalue weighted by Crippen LogP contribution is -2.37. The van der Waals surface area contributed by atoms with E-state index in [1.807, 2.05) is 36.1 Å². The van der Waals surface area contributed by atoms with Gasteiger partial charge in [-0.3, -0.25) is 0 Å². The highest BCUT2D eigenvalue weighted by Gasteiger charge is 2.24. The molecule has 194 valence electrons. The van der Waals surface area contributed by atoms with Crippen molar-refractivity contribution >= 4 is 22.9 Å². The summed E-state index contributed by atoms with van der Waals surface area (Å²) in [6.07, 6.45) is 2.50. The molecule has 2 N–H and O–H groups in total. The standard InChI is InChI=1S/C25H35N5O3.CO2/c1-5-21-23(18-7-6-8-20(13-18)33-16-19(31)14-26-4)28-25-22(15-27-30(25)17(2)3)24(21)29-9-11-32-12-10-29;2-1-3/h6-8,13,15,17,19,26,31H,5,9-12,14,16H2,1-4H3;. The van der Waals surface area contributed by atoms with E-state index >= 15 is 0 Å². The predicted octanol–water partition coefficient (Wildman–Crippen LogP) is 2.45. The van der Waals surface area contributed by atoms with Crippen LogP contribution in [0, 0.1) is 0 Å². The quantitative estimate of drug-likeness (QED) is 0.459. The largest absolute Gasteiger partial charge is 0.491 e. The van der Waals surface area contributed by atoms with Crippen LogP contribution >= 0.6 is 0 Å². The molecule has 1 aliphatic heterocycles. The van der Waals surface area contributed by atoms with Crippen molar-refractivity contribution in [2.24, 2.45) is 0 Å². The first-order valence-electron chi connectivity index (χ1n) is 12.2. The monoisotopic (exact) mass is 497 g/mol. The molecule has 3 aromatic rings. The van der Waals surface area contributed by atoms with Gasteiger partial charge in [0.2, 0.25) is 0 Å². The first kappa shape index (κ1) is 27.3. The number of rotatable bonds is 9. The smallest absolute Gasteiger partial charge is 0.373 e. The molecular formula is C26H35N5O5. The molecule has 1 aromatic carbocycles. The fourth-order valence-corrected chi connectivity index (χ4v) is 4.40. The Bertz CT molecular complexity index is 1170. The molecule has 0 radical (unpaired) electrons. The van der Waals surface area contributed by atoms with Gasteiger partial charge in [-0.05, 0) is 39.4 Å². The number of benzene rings is 1. The summed E-state index contributed by atoms with van der Waals surface area (Å²) in [5.41, 5.74) is 5.27. The minimum Gasteiger partial charge on any atom is -0.491 e. The number of pyridine rings is 1. The summed E-state index contributed by atoms with van der Waals surface area (Å²) in [5, 5.41) is 18.7. The first-order chi connectivity index (χ1) is 17.4. The zero-order chi connectivity index (χ0) is 26.1. The van der Waals surface area contributed by atoms with Crippen LogP contribution in [0.15, 0.2) is 30.5 Å². The van der Waals surface area contributed by atoms with E-state index in [2.05, 4.69) is 42.2 Å². The topological polar surface area (TPSA) is 119 Å². The Morgan fingerprint density at radius 2 is 1.97 bits per heavy atom. The van der Waals surface area contributed by atoms with Crippen molar-refractivity contribution in [1.29, 1.82) is 0 Å². The maximum Gasteiger partial charge on any atom is 0.373 e. The molecule has 0 spiro atoms. The fourth-order valence-electron chi connectivity index (χ4n) is 4.40. The highest BCUT2D eigenvalue weighted by molar-refractivity contribution is 5.95. The SMILES string of the molecule is CCc1c(-c2cccc(OCC(O)CNC)c2)nc2c(cnn2C(C)C)c1N1CCOCC1.O=C=O. The average Bonchev–Trinajstić information content (AvgIpc) is 3.32. The fraction of sp³-hybridized carbons (Fsp3) is 0.500. The third-order valence-corrected chi connectivity index (χ3v) is 5.97. The van der Waals surface area contributed by atoms with Crippen LogP contribution in [0.1, 0.15) is 32.4 Å². The van der Waals surface area contributed by atoms with Crippen LogP contribution in [-0.4, -0.2) is 78.6 Å². The molecule has 0 bridgehead atoms. The van der Waals surface area contributed by atoms with E-state index in [9.17, 15) is 5.11 Å². The number of likely N-dealkylation sites (N-methyl/N-ethyl adjacent to an activating group) is 1. The Labute approximate surface area is 211 Å². The second-order valence-corrected chi connectivity index (χ2v) is 8.79. The van der Waals surface area contributed by atoms with Gasteiger partial charge in [0.1, 0.15) is 18.5 Å².